The van der Waals surface area contributed by atoms with Crippen LogP contribution in [0.2, 0.25) is 0 Å². The molecule has 0 aliphatic heterocycles. The number of amides is 2. The van der Waals surface area contributed by atoms with Crippen LogP contribution in [-0.2, 0) is 16.0 Å². The van der Waals surface area contributed by atoms with E-state index in [4.69, 9.17) is 10.8 Å². The molecule has 0 spiro atoms. The fourth-order valence-corrected chi connectivity index (χ4v) is 3.61. The Morgan fingerprint density at radius 1 is 0.895 bits per heavy atom. The average Bonchev–Trinajstić information content (AvgIpc) is 2.94. The first kappa shape index (κ1) is 28.3. The van der Waals surface area contributed by atoms with Crippen molar-refractivity contribution in [2.45, 2.75) is 38.0 Å². The molecule has 0 aliphatic carbocycles. The van der Waals surface area contributed by atoms with E-state index in [0.717, 1.165) is 17.5 Å². The van der Waals surface area contributed by atoms with Crippen LogP contribution in [0.3, 0.4) is 0 Å². The number of benzene rings is 3. The highest BCUT2D eigenvalue weighted by molar-refractivity contribution is 5.98. The van der Waals surface area contributed by atoms with Gasteiger partial charge in [0.05, 0.1) is 12.1 Å². The molecule has 196 valence electrons. The third-order valence-corrected chi connectivity index (χ3v) is 5.85. The van der Waals surface area contributed by atoms with E-state index in [1.807, 2.05) is 30.3 Å². The van der Waals surface area contributed by atoms with Crippen LogP contribution in [-0.4, -0.2) is 52.6 Å². The molecule has 0 bridgehead atoms. The molecule has 6 N–H and O–H groups in total. The number of nitrogens with two attached hydrogens (primary N) is 1. The van der Waals surface area contributed by atoms with Crippen LogP contribution in [0.5, 0.6) is 0 Å². The number of anilines is 1. The zero-order valence-electron chi connectivity index (χ0n) is 21.1. The van der Waals surface area contributed by atoms with E-state index >= 15 is 0 Å². The molecular weight excluding hydrogens is 482 g/mol. The number of aliphatic hydroxyl groups is 2. The Hall–Kier alpha value is -4.29. The van der Waals surface area contributed by atoms with Crippen molar-refractivity contribution < 1.29 is 24.6 Å². The van der Waals surface area contributed by atoms with Gasteiger partial charge in [-0.2, -0.15) is 0 Å². The minimum absolute atomic E-state index is 0.246. The number of rotatable bonds is 10. The Kier molecular flexibility index (Phi) is 10.3. The molecule has 0 saturated carbocycles. The van der Waals surface area contributed by atoms with Crippen molar-refractivity contribution in [1.29, 1.82) is 0 Å². The van der Waals surface area contributed by atoms with Gasteiger partial charge in [0.15, 0.2) is 5.78 Å². The standard InChI is InChI=1S/C30H31N3O5/c1-20(35)28(27(36)19-34)33-29(37)24-14-9-22(10-15-24)7-8-23-11-16-25(17-12-23)32-30(38)26(31)18-13-21-5-3-2-4-6-21/h2-6,9-12,14-17,20,26,28,34-35H,13,18-19,31H2,1H3,(H,32,38)(H,33,37)/t20-,26-,28+/m1/s1. The Morgan fingerprint density at radius 2 is 1.47 bits per heavy atom. The van der Waals surface area contributed by atoms with Crippen molar-refractivity contribution >= 4 is 23.3 Å². The molecule has 0 aliphatic rings. The van der Waals surface area contributed by atoms with E-state index in [9.17, 15) is 19.5 Å². The van der Waals surface area contributed by atoms with Gasteiger partial charge in [0.1, 0.15) is 12.6 Å². The van der Waals surface area contributed by atoms with E-state index in [1.165, 1.54) is 6.92 Å². The molecule has 38 heavy (non-hydrogen) atoms. The van der Waals surface area contributed by atoms with Crippen LogP contribution in [0.4, 0.5) is 5.69 Å². The van der Waals surface area contributed by atoms with Crippen molar-refractivity contribution in [3.8, 4) is 11.8 Å². The summed E-state index contributed by atoms with van der Waals surface area (Å²) in [5.41, 5.74) is 9.50. The van der Waals surface area contributed by atoms with Gasteiger partial charge >= 0.3 is 0 Å². The summed E-state index contributed by atoms with van der Waals surface area (Å²) < 4.78 is 0. The predicted molar refractivity (Wildman–Crippen MR) is 145 cm³/mol. The van der Waals surface area contributed by atoms with Crippen molar-refractivity contribution in [1.82, 2.24) is 5.32 Å². The number of hydrogen-bond acceptors (Lipinski definition) is 6. The van der Waals surface area contributed by atoms with Gasteiger partial charge < -0.3 is 26.6 Å². The topological polar surface area (TPSA) is 142 Å². The zero-order valence-corrected chi connectivity index (χ0v) is 21.1. The number of aliphatic hydroxyl groups excluding tert-OH is 2. The first-order chi connectivity index (χ1) is 18.3. The molecule has 3 aromatic rings. The first-order valence-corrected chi connectivity index (χ1v) is 12.2. The molecule has 0 heterocycles. The second-order valence-electron chi connectivity index (χ2n) is 8.84. The van der Waals surface area contributed by atoms with Crippen molar-refractivity contribution in [3.63, 3.8) is 0 Å². The van der Waals surface area contributed by atoms with Gasteiger partial charge in [0, 0.05) is 22.4 Å². The summed E-state index contributed by atoms with van der Waals surface area (Å²) in [7, 11) is 0. The number of nitrogens with one attached hydrogen (secondary N) is 2. The quantitative estimate of drug-likeness (QED) is 0.263. The summed E-state index contributed by atoms with van der Waals surface area (Å²) in [6, 6.07) is 21.6. The van der Waals surface area contributed by atoms with Gasteiger partial charge in [-0.15, -0.1) is 0 Å². The lowest BCUT2D eigenvalue weighted by atomic mass is 10.1. The number of aryl methyl sites for hydroxylation is 1. The number of ketones is 1. The van der Waals surface area contributed by atoms with E-state index in [2.05, 4.69) is 22.5 Å². The van der Waals surface area contributed by atoms with Gasteiger partial charge in [-0.3, -0.25) is 14.4 Å². The van der Waals surface area contributed by atoms with Crippen LogP contribution >= 0.6 is 0 Å². The molecule has 0 saturated heterocycles. The molecule has 8 heteroatoms. The summed E-state index contributed by atoms with van der Waals surface area (Å²) in [5.74, 6) is 4.57. The molecule has 3 aromatic carbocycles. The maximum Gasteiger partial charge on any atom is 0.251 e. The van der Waals surface area contributed by atoms with Crippen LogP contribution in [0, 0.1) is 11.8 Å². The van der Waals surface area contributed by atoms with E-state index in [1.54, 1.807) is 48.5 Å². The Labute approximate surface area is 221 Å². The largest absolute Gasteiger partial charge is 0.391 e. The molecule has 0 fully saturated rings. The highest BCUT2D eigenvalue weighted by Crippen LogP contribution is 2.11. The van der Waals surface area contributed by atoms with Gasteiger partial charge in [0.2, 0.25) is 5.91 Å². The predicted octanol–water partition coefficient (Wildman–Crippen LogP) is 2.03. The Balaban J connectivity index is 1.53. The molecular formula is C30H31N3O5. The third kappa shape index (κ3) is 8.39. The first-order valence-electron chi connectivity index (χ1n) is 12.2. The number of Topliss-reactive ketones (excluding diaryl/α,β-unsaturated/α-hetero) is 1. The van der Waals surface area contributed by atoms with Gasteiger partial charge in [-0.25, -0.2) is 0 Å². The monoisotopic (exact) mass is 513 g/mol. The summed E-state index contributed by atoms with van der Waals surface area (Å²) in [4.78, 5) is 36.5. The van der Waals surface area contributed by atoms with Crippen molar-refractivity contribution in [2.24, 2.45) is 5.73 Å². The van der Waals surface area contributed by atoms with E-state index in [-0.39, 0.29) is 11.5 Å². The second kappa shape index (κ2) is 13.9. The van der Waals surface area contributed by atoms with Crippen LogP contribution in [0.1, 0.15) is 40.4 Å². The van der Waals surface area contributed by atoms with Crippen molar-refractivity contribution in [3.05, 3.63) is 101 Å². The van der Waals surface area contributed by atoms with Crippen LogP contribution in [0.15, 0.2) is 78.9 Å². The van der Waals surface area contributed by atoms with Gasteiger partial charge in [-0.1, -0.05) is 42.2 Å². The highest BCUT2D eigenvalue weighted by atomic mass is 16.3. The Bertz CT molecular complexity index is 1290. The number of hydrogen-bond donors (Lipinski definition) is 5. The van der Waals surface area contributed by atoms with Gasteiger partial charge in [0.25, 0.3) is 5.91 Å². The minimum atomic E-state index is -1.19. The molecule has 0 radical (unpaired) electrons. The lowest BCUT2D eigenvalue weighted by Gasteiger charge is -2.19. The lowest BCUT2D eigenvalue weighted by molar-refractivity contribution is -0.126. The maximum absolute atomic E-state index is 12.4. The second-order valence-corrected chi connectivity index (χ2v) is 8.84. The fourth-order valence-electron chi connectivity index (χ4n) is 3.61. The SMILES string of the molecule is C[C@@H](O)[C@H](NC(=O)c1ccc(C#Cc2ccc(NC(=O)[C@H](N)CCc3ccccc3)cc2)cc1)C(=O)CO. The fraction of sp³-hybridized carbons (Fsp3) is 0.233. The smallest absolute Gasteiger partial charge is 0.251 e. The van der Waals surface area contributed by atoms with Crippen LogP contribution in [0.25, 0.3) is 0 Å². The highest BCUT2D eigenvalue weighted by Gasteiger charge is 2.25. The van der Waals surface area contributed by atoms with Gasteiger partial charge in [-0.05, 0) is 73.9 Å². The molecule has 0 aromatic heterocycles. The molecule has 0 unspecified atom stereocenters. The van der Waals surface area contributed by atoms with E-state index in [0.29, 0.717) is 17.7 Å². The Morgan fingerprint density at radius 3 is 2.03 bits per heavy atom. The minimum Gasteiger partial charge on any atom is -0.391 e. The summed E-state index contributed by atoms with van der Waals surface area (Å²) in [5, 5.41) is 23.9. The molecule has 8 nitrogen and oxygen atoms in total. The normalized spacial score (nSPS) is 12.8. The summed E-state index contributed by atoms with van der Waals surface area (Å²) in [6.45, 7) is 0.583. The maximum atomic E-state index is 12.4. The molecule has 3 rings (SSSR count). The van der Waals surface area contributed by atoms with Crippen molar-refractivity contribution in [2.75, 3.05) is 11.9 Å². The molecule has 3 atom stereocenters. The van der Waals surface area contributed by atoms with E-state index < -0.39 is 36.5 Å². The number of carbonyl (C=O) groups excluding carboxylic acids is 3. The lowest BCUT2D eigenvalue weighted by Crippen LogP contribution is -2.48. The zero-order chi connectivity index (χ0) is 27.5. The third-order valence-electron chi connectivity index (χ3n) is 5.85. The summed E-state index contributed by atoms with van der Waals surface area (Å²) >= 11 is 0. The number of carbonyl (C=O) groups is 3. The van der Waals surface area contributed by atoms with Crippen LogP contribution < -0.4 is 16.4 Å². The molecule has 2 amide bonds. The summed E-state index contributed by atoms with van der Waals surface area (Å²) in [6.07, 6.45) is 0.128. The average molecular weight is 514 g/mol.